The van der Waals surface area contributed by atoms with E-state index in [9.17, 15) is 0 Å². The lowest BCUT2D eigenvalue weighted by Gasteiger charge is -2.19. The summed E-state index contributed by atoms with van der Waals surface area (Å²) < 4.78 is 5.14. The molecule has 0 atom stereocenters. The van der Waals surface area contributed by atoms with Crippen LogP contribution in [0.4, 0.5) is 0 Å². The Kier molecular flexibility index (Phi) is 5.76. The van der Waals surface area contributed by atoms with Crippen molar-refractivity contribution in [3.05, 3.63) is 29.6 Å². The van der Waals surface area contributed by atoms with Gasteiger partial charge in [0.2, 0.25) is 0 Å². The SMILES string of the molecule is CCN(CCOC)Cc1cccc(CNC2CC2)n1. The largest absolute Gasteiger partial charge is 0.383 e. The van der Waals surface area contributed by atoms with E-state index in [-0.39, 0.29) is 0 Å². The van der Waals surface area contributed by atoms with E-state index in [0.717, 1.165) is 50.2 Å². The topological polar surface area (TPSA) is 37.4 Å². The van der Waals surface area contributed by atoms with Crippen molar-refractivity contribution < 1.29 is 4.74 Å². The first-order chi connectivity index (χ1) is 9.31. The quantitative estimate of drug-likeness (QED) is 0.737. The predicted octanol–water partition coefficient (Wildman–Crippen LogP) is 1.80. The molecule has 0 amide bonds. The van der Waals surface area contributed by atoms with Gasteiger partial charge in [-0.05, 0) is 31.5 Å². The summed E-state index contributed by atoms with van der Waals surface area (Å²) in [6.07, 6.45) is 2.64. The van der Waals surface area contributed by atoms with Crippen LogP contribution in [0.3, 0.4) is 0 Å². The molecule has 0 spiro atoms. The van der Waals surface area contributed by atoms with E-state index in [1.54, 1.807) is 7.11 Å². The van der Waals surface area contributed by atoms with Gasteiger partial charge in [0.25, 0.3) is 0 Å². The minimum Gasteiger partial charge on any atom is -0.383 e. The van der Waals surface area contributed by atoms with Crippen molar-refractivity contribution >= 4 is 0 Å². The highest BCUT2D eigenvalue weighted by Crippen LogP contribution is 2.19. The first kappa shape index (κ1) is 14.4. The first-order valence-corrected chi connectivity index (χ1v) is 7.21. The summed E-state index contributed by atoms with van der Waals surface area (Å²) in [5.41, 5.74) is 2.29. The zero-order valence-corrected chi connectivity index (χ0v) is 12.1. The van der Waals surface area contributed by atoms with Crippen LogP contribution < -0.4 is 5.32 Å². The molecule has 1 fully saturated rings. The maximum Gasteiger partial charge on any atom is 0.0589 e. The van der Waals surface area contributed by atoms with E-state index in [4.69, 9.17) is 9.72 Å². The van der Waals surface area contributed by atoms with Crippen LogP contribution in [0, 0.1) is 0 Å². The third-order valence-corrected chi connectivity index (χ3v) is 3.46. The van der Waals surface area contributed by atoms with Crippen LogP contribution in [0.1, 0.15) is 31.2 Å². The molecule has 1 N–H and O–H groups in total. The highest BCUT2D eigenvalue weighted by Gasteiger charge is 2.20. The van der Waals surface area contributed by atoms with Crippen LogP contribution >= 0.6 is 0 Å². The molecule has 106 valence electrons. The Hall–Kier alpha value is -0.970. The molecule has 0 saturated heterocycles. The summed E-state index contributed by atoms with van der Waals surface area (Å²) in [5.74, 6) is 0. The zero-order valence-electron chi connectivity index (χ0n) is 12.1. The van der Waals surface area contributed by atoms with Gasteiger partial charge in [-0.3, -0.25) is 9.88 Å². The number of hydrogen-bond acceptors (Lipinski definition) is 4. The van der Waals surface area contributed by atoms with Crippen LogP contribution in [0.15, 0.2) is 18.2 Å². The monoisotopic (exact) mass is 263 g/mol. The second-order valence-corrected chi connectivity index (χ2v) is 5.14. The molecule has 0 bridgehead atoms. The summed E-state index contributed by atoms with van der Waals surface area (Å²) in [6, 6.07) is 7.05. The van der Waals surface area contributed by atoms with Crippen LogP contribution in [0.2, 0.25) is 0 Å². The van der Waals surface area contributed by atoms with Gasteiger partial charge in [-0.25, -0.2) is 0 Å². The Morgan fingerprint density at radius 1 is 1.37 bits per heavy atom. The van der Waals surface area contributed by atoms with E-state index in [1.807, 2.05) is 0 Å². The van der Waals surface area contributed by atoms with E-state index < -0.39 is 0 Å². The number of hydrogen-bond donors (Lipinski definition) is 1. The van der Waals surface area contributed by atoms with Gasteiger partial charge in [-0.1, -0.05) is 13.0 Å². The van der Waals surface area contributed by atoms with Gasteiger partial charge < -0.3 is 10.1 Å². The molecular weight excluding hydrogens is 238 g/mol. The Balaban J connectivity index is 1.85. The highest BCUT2D eigenvalue weighted by atomic mass is 16.5. The van der Waals surface area contributed by atoms with Gasteiger partial charge in [0.15, 0.2) is 0 Å². The smallest absolute Gasteiger partial charge is 0.0589 e. The Morgan fingerprint density at radius 3 is 2.84 bits per heavy atom. The fourth-order valence-electron chi connectivity index (χ4n) is 2.05. The number of rotatable bonds is 9. The van der Waals surface area contributed by atoms with Crippen LogP contribution in [0.25, 0.3) is 0 Å². The van der Waals surface area contributed by atoms with Crippen LogP contribution in [-0.2, 0) is 17.8 Å². The van der Waals surface area contributed by atoms with E-state index in [1.165, 1.54) is 12.8 Å². The number of methoxy groups -OCH3 is 1. The number of nitrogens with one attached hydrogen (secondary N) is 1. The molecule has 4 nitrogen and oxygen atoms in total. The van der Waals surface area contributed by atoms with Gasteiger partial charge in [-0.15, -0.1) is 0 Å². The Morgan fingerprint density at radius 2 is 2.16 bits per heavy atom. The fourth-order valence-corrected chi connectivity index (χ4v) is 2.05. The molecule has 2 rings (SSSR count). The van der Waals surface area contributed by atoms with Crippen molar-refractivity contribution in [2.75, 3.05) is 26.8 Å². The maximum atomic E-state index is 5.14. The summed E-state index contributed by atoms with van der Waals surface area (Å²) in [6.45, 7) is 6.72. The molecule has 1 aromatic rings. The number of ether oxygens (including phenoxy) is 1. The first-order valence-electron chi connectivity index (χ1n) is 7.21. The summed E-state index contributed by atoms with van der Waals surface area (Å²) in [7, 11) is 1.75. The lowest BCUT2D eigenvalue weighted by Crippen LogP contribution is -2.27. The lowest BCUT2D eigenvalue weighted by molar-refractivity contribution is 0.146. The molecule has 0 aromatic carbocycles. The molecule has 0 unspecified atom stereocenters. The standard InChI is InChI=1S/C15H25N3O/c1-3-18(9-10-19-2)12-15-6-4-5-14(17-15)11-16-13-7-8-13/h4-6,13,16H,3,7-12H2,1-2H3. The normalized spacial score (nSPS) is 15.1. The third-order valence-electron chi connectivity index (χ3n) is 3.46. The van der Waals surface area contributed by atoms with Crippen LogP contribution in [-0.4, -0.2) is 42.7 Å². The maximum absolute atomic E-state index is 5.14. The van der Waals surface area contributed by atoms with Gasteiger partial charge >= 0.3 is 0 Å². The molecule has 1 aliphatic carbocycles. The average Bonchev–Trinajstić information content (AvgIpc) is 3.26. The van der Waals surface area contributed by atoms with Crippen molar-refractivity contribution in [3.63, 3.8) is 0 Å². The number of aromatic nitrogens is 1. The third kappa shape index (κ3) is 5.27. The van der Waals surface area contributed by atoms with E-state index in [2.05, 4.69) is 35.3 Å². The molecule has 1 aliphatic rings. The highest BCUT2D eigenvalue weighted by molar-refractivity contribution is 5.11. The molecule has 0 radical (unpaired) electrons. The Bertz CT molecular complexity index is 379. The summed E-state index contributed by atoms with van der Waals surface area (Å²) in [4.78, 5) is 7.07. The molecule has 19 heavy (non-hydrogen) atoms. The van der Waals surface area contributed by atoms with Crippen molar-refractivity contribution in [2.24, 2.45) is 0 Å². The zero-order chi connectivity index (χ0) is 13.5. The molecule has 1 heterocycles. The van der Waals surface area contributed by atoms with Gasteiger partial charge in [0, 0.05) is 32.8 Å². The minimum atomic E-state index is 0.735. The number of likely N-dealkylation sites (N-methyl/N-ethyl adjacent to an activating group) is 1. The molecule has 4 heteroatoms. The molecule has 1 aromatic heterocycles. The van der Waals surface area contributed by atoms with Gasteiger partial charge in [0.1, 0.15) is 0 Å². The Labute approximate surface area is 116 Å². The number of pyridine rings is 1. The van der Waals surface area contributed by atoms with Gasteiger partial charge in [0.05, 0.1) is 18.0 Å². The summed E-state index contributed by atoms with van der Waals surface area (Å²) >= 11 is 0. The average molecular weight is 263 g/mol. The minimum absolute atomic E-state index is 0.735. The lowest BCUT2D eigenvalue weighted by atomic mass is 10.2. The van der Waals surface area contributed by atoms with Crippen molar-refractivity contribution in [1.82, 2.24) is 15.2 Å². The van der Waals surface area contributed by atoms with Crippen molar-refractivity contribution in [2.45, 2.75) is 38.9 Å². The summed E-state index contributed by atoms with van der Waals surface area (Å²) in [5, 5.41) is 3.51. The van der Waals surface area contributed by atoms with Crippen molar-refractivity contribution in [1.29, 1.82) is 0 Å². The predicted molar refractivity (Wildman–Crippen MR) is 76.9 cm³/mol. The van der Waals surface area contributed by atoms with E-state index in [0.29, 0.717) is 0 Å². The molecule has 1 saturated carbocycles. The molecular formula is C15H25N3O. The fraction of sp³-hybridized carbons (Fsp3) is 0.667. The molecule has 0 aliphatic heterocycles. The van der Waals surface area contributed by atoms with E-state index >= 15 is 0 Å². The van der Waals surface area contributed by atoms with Crippen molar-refractivity contribution in [3.8, 4) is 0 Å². The van der Waals surface area contributed by atoms with Crippen LogP contribution in [0.5, 0.6) is 0 Å². The number of nitrogens with zero attached hydrogens (tertiary/aromatic N) is 2. The second kappa shape index (κ2) is 7.58. The second-order valence-electron chi connectivity index (χ2n) is 5.14. The van der Waals surface area contributed by atoms with Gasteiger partial charge in [-0.2, -0.15) is 0 Å².